The normalized spacial score (nSPS) is 15.2. The van der Waals surface area contributed by atoms with E-state index in [0.717, 1.165) is 27.7 Å². The summed E-state index contributed by atoms with van der Waals surface area (Å²) in [6.07, 6.45) is 5.22. The number of hydrogen-bond acceptors (Lipinski definition) is 3. The third-order valence-corrected chi connectivity index (χ3v) is 8.34. The number of nitrogens with one attached hydrogen (secondary N) is 1. The van der Waals surface area contributed by atoms with Gasteiger partial charge >= 0.3 is 0 Å². The molecule has 0 saturated heterocycles. The predicted octanol–water partition coefficient (Wildman–Crippen LogP) is 4.99. The van der Waals surface area contributed by atoms with Crippen LogP contribution in [0.1, 0.15) is 23.2 Å². The number of halogens is 2. The van der Waals surface area contributed by atoms with Crippen molar-refractivity contribution in [2.75, 3.05) is 13.1 Å². The molecule has 0 unspecified atom stereocenters. The number of benzene rings is 2. The van der Waals surface area contributed by atoms with Crippen LogP contribution in [0.15, 0.2) is 66.1 Å². The van der Waals surface area contributed by atoms with E-state index in [-0.39, 0.29) is 17.4 Å². The summed E-state index contributed by atoms with van der Waals surface area (Å²) in [4.78, 5) is 6.51. The summed E-state index contributed by atoms with van der Waals surface area (Å²) in [5.74, 6) is -0.335. The Morgan fingerprint density at radius 2 is 2.00 bits per heavy atom. The summed E-state index contributed by atoms with van der Waals surface area (Å²) in [5.41, 5.74) is 4.57. The lowest BCUT2D eigenvalue weighted by Crippen LogP contribution is -2.34. The van der Waals surface area contributed by atoms with Gasteiger partial charge in [-0.05, 0) is 37.1 Å². The summed E-state index contributed by atoms with van der Waals surface area (Å²) >= 11 is 6.31. The van der Waals surface area contributed by atoms with Gasteiger partial charge in [0.15, 0.2) is 5.03 Å². The molecular weight excluding hydrogens is 463 g/mol. The predicted molar refractivity (Wildman–Crippen MR) is 127 cm³/mol. The number of H-pyrrole nitrogens is 1. The second-order valence-corrected chi connectivity index (χ2v) is 10.3. The minimum atomic E-state index is -3.61. The molecule has 0 radical (unpaired) electrons. The van der Waals surface area contributed by atoms with Gasteiger partial charge in [-0.15, -0.1) is 0 Å². The second kappa shape index (κ2) is 8.44. The highest BCUT2D eigenvalue weighted by Crippen LogP contribution is 2.36. The van der Waals surface area contributed by atoms with E-state index < -0.39 is 10.0 Å². The first-order chi connectivity index (χ1) is 15.9. The van der Waals surface area contributed by atoms with Crippen LogP contribution < -0.4 is 0 Å². The van der Waals surface area contributed by atoms with Gasteiger partial charge in [0.25, 0.3) is 10.0 Å². The van der Waals surface area contributed by atoms with E-state index in [1.54, 1.807) is 12.1 Å². The lowest BCUT2D eigenvalue weighted by atomic mass is 9.97. The van der Waals surface area contributed by atoms with Gasteiger partial charge in [0.1, 0.15) is 5.82 Å². The Kier molecular flexibility index (Phi) is 5.60. The van der Waals surface area contributed by atoms with Crippen LogP contribution in [0.2, 0.25) is 5.02 Å². The fraction of sp³-hybridized carbons (Fsp3) is 0.208. The van der Waals surface area contributed by atoms with Crippen LogP contribution in [0.5, 0.6) is 0 Å². The van der Waals surface area contributed by atoms with E-state index in [2.05, 4.69) is 14.5 Å². The van der Waals surface area contributed by atoms with Crippen LogP contribution in [-0.4, -0.2) is 40.3 Å². The molecular formula is C24H22ClFN4O2S. The van der Waals surface area contributed by atoms with Gasteiger partial charge in [0.2, 0.25) is 0 Å². The van der Waals surface area contributed by atoms with E-state index in [4.69, 9.17) is 11.6 Å². The van der Waals surface area contributed by atoms with Crippen molar-refractivity contribution in [1.29, 1.82) is 0 Å². The van der Waals surface area contributed by atoms with Crippen LogP contribution >= 0.6 is 11.6 Å². The topological polar surface area (TPSA) is 71.0 Å². The summed E-state index contributed by atoms with van der Waals surface area (Å²) in [6.45, 7) is 2.96. The molecule has 0 bridgehead atoms. The number of hydrogen-bond donors (Lipinski definition) is 1. The van der Waals surface area contributed by atoms with Crippen LogP contribution in [0, 0.1) is 12.7 Å². The molecule has 2 aromatic carbocycles. The molecule has 0 aliphatic carbocycles. The molecule has 1 N–H and O–H groups in total. The maximum Gasteiger partial charge on any atom is 0.260 e. The van der Waals surface area contributed by atoms with E-state index in [1.165, 1.54) is 22.9 Å². The number of nitrogens with zero attached hydrogens (tertiary/aromatic N) is 3. The molecule has 9 heteroatoms. The minimum Gasteiger partial charge on any atom is -0.340 e. The van der Waals surface area contributed by atoms with Crippen LogP contribution in [0.4, 0.5) is 4.39 Å². The van der Waals surface area contributed by atoms with Crippen molar-refractivity contribution in [2.24, 2.45) is 0 Å². The summed E-state index contributed by atoms with van der Waals surface area (Å²) in [5, 5.41) is 1.54. The standard InChI is InChI=1S/C24H22ClFN4O2S/c1-16-24(17-9-11-29(12-10-17)33(31,32)23-13-27-15-28-23)18-5-2-3-8-22(18)30(16)14-19-20(25)6-4-7-21(19)26/h2-9,13,15H,10-12,14H2,1H3,(H,27,28). The van der Waals surface area contributed by atoms with Crippen LogP contribution in [-0.2, 0) is 16.6 Å². The monoisotopic (exact) mass is 484 g/mol. The highest BCUT2D eigenvalue weighted by Gasteiger charge is 2.29. The zero-order valence-corrected chi connectivity index (χ0v) is 19.5. The van der Waals surface area contributed by atoms with E-state index >= 15 is 0 Å². The highest BCUT2D eigenvalue weighted by atomic mass is 35.5. The van der Waals surface area contributed by atoms with Gasteiger partial charge < -0.3 is 9.55 Å². The molecule has 4 aromatic rings. The molecule has 0 fully saturated rings. The third-order valence-electron chi connectivity index (χ3n) is 6.19. The minimum absolute atomic E-state index is 0.0916. The van der Waals surface area contributed by atoms with Gasteiger partial charge in [-0.2, -0.15) is 4.31 Å². The molecule has 170 valence electrons. The average Bonchev–Trinajstić information content (AvgIpc) is 3.44. The fourth-order valence-corrected chi connectivity index (χ4v) is 6.00. The quantitative estimate of drug-likeness (QED) is 0.433. The molecule has 1 aliphatic rings. The summed E-state index contributed by atoms with van der Waals surface area (Å²) < 4.78 is 43.7. The zero-order valence-electron chi connectivity index (χ0n) is 17.9. The van der Waals surface area contributed by atoms with Crippen molar-refractivity contribution in [1.82, 2.24) is 18.8 Å². The maximum absolute atomic E-state index is 14.5. The smallest absolute Gasteiger partial charge is 0.260 e. The lowest BCUT2D eigenvalue weighted by Gasteiger charge is -2.25. The number of fused-ring (bicyclic) bond motifs is 1. The maximum atomic E-state index is 14.5. The Morgan fingerprint density at radius 1 is 1.18 bits per heavy atom. The number of rotatable bonds is 5. The number of aromatic nitrogens is 3. The number of imidazole rings is 1. The van der Waals surface area contributed by atoms with Gasteiger partial charge in [0.05, 0.1) is 19.1 Å². The average molecular weight is 485 g/mol. The van der Waals surface area contributed by atoms with Crippen molar-refractivity contribution in [3.63, 3.8) is 0 Å². The van der Waals surface area contributed by atoms with E-state index in [0.29, 0.717) is 30.1 Å². The van der Waals surface area contributed by atoms with Crippen molar-refractivity contribution in [2.45, 2.75) is 24.9 Å². The Morgan fingerprint density at radius 3 is 2.70 bits per heavy atom. The number of para-hydroxylation sites is 1. The fourth-order valence-electron chi connectivity index (χ4n) is 4.50. The second-order valence-electron chi connectivity index (χ2n) is 8.02. The number of aromatic amines is 1. The Labute approximate surface area is 196 Å². The summed E-state index contributed by atoms with van der Waals surface area (Å²) in [6, 6.07) is 12.7. The highest BCUT2D eigenvalue weighted by molar-refractivity contribution is 7.89. The summed E-state index contributed by atoms with van der Waals surface area (Å²) in [7, 11) is -3.61. The Hall–Kier alpha value is -2.94. The van der Waals surface area contributed by atoms with Crippen molar-refractivity contribution >= 4 is 38.1 Å². The molecule has 6 nitrogen and oxygen atoms in total. The van der Waals surface area contributed by atoms with Gasteiger partial charge in [-0.25, -0.2) is 17.8 Å². The molecule has 2 aromatic heterocycles. The van der Waals surface area contributed by atoms with Crippen molar-refractivity contribution < 1.29 is 12.8 Å². The van der Waals surface area contributed by atoms with Crippen LogP contribution in [0.25, 0.3) is 16.5 Å². The first-order valence-corrected chi connectivity index (χ1v) is 12.4. The third kappa shape index (κ3) is 3.78. The Bertz CT molecular complexity index is 1460. The molecule has 1 aliphatic heterocycles. The largest absolute Gasteiger partial charge is 0.340 e. The van der Waals surface area contributed by atoms with Gasteiger partial charge in [-0.3, -0.25) is 0 Å². The zero-order chi connectivity index (χ0) is 23.2. The van der Waals surface area contributed by atoms with Crippen molar-refractivity contribution in [3.8, 4) is 0 Å². The molecule has 5 rings (SSSR count). The van der Waals surface area contributed by atoms with Crippen LogP contribution in [0.3, 0.4) is 0 Å². The molecule has 0 spiro atoms. The van der Waals surface area contributed by atoms with E-state index in [9.17, 15) is 12.8 Å². The SMILES string of the molecule is Cc1c(C2=CCN(S(=O)(=O)c3cnc[nH]3)CC2)c2ccccc2n1Cc1c(F)cccc1Cl. The molecule has 3 heterocycles. The molecule has 0 amide bonds. The van der Waals surface area contributed by atoms with Crippen molar-refractivity contribution in [3.05, 3.63) is 88.7 Å². The molecule has 33 heavy (non-hydrogen) atoms. The first-order valence-electron chi connectivity index (χ1n) is 10.6. The molecule has 0 atom stereocenters. The number of sulfonamides is 1. The lowest BCUT2D eigenvalue weighted by molar-refractivity contribution is 0.439. The van der Waals surface area contributed by atoms with Gasteiger partial charge in [-0.1, -0.05) is 41.9 Å². The first kappa shape index (κ1) is 21.9. The van der Waals surface area contributed by atoms with Gasteiger partial charge in [0, 0.05) is 45.8 Å². The van der Waals surface area contributed by atoms with E-state index in [1.807, 2.05) is 37.3 Å². The molecule has 0 saturated carbocycles. The Balaban J connectivity index is 1.54.